The predicted molar refractivity (Wildman–Crippen MR) is 150 cm³/mol. The molecule has 0 spiro atoms. The number of benzene rings is 2. The average Bonchev–Trinajstić information content (AvgIpc) is 3.41. The van der Waals surface area contributed by atoms with Crippen molar-refractivity contribution < 1.29 is 42.4 Å². The topological polar surface area (TPSA) is 136 Å². The molecule has 5 atom stereocenters. The van der Waals surface area contributed by atoms with Crippen LogP contribution < -0.4 is 10.1 Å². The maximum Gasteiger partial charge on any atom is 0.573 e. The van der Waals surface area contributed by atoms with Gasteiger partial charge in [-0.1, -0.05) is 54.1 Å². The van der Waals surface area contributed by atoms with Crippen LogP contribution in [0.3, 0.4) is 0 Å². The molecule has 4 rings (SSSR count). The first kappa shape index (κ1) is 32.2. The molecule has 232 valence electrons. The van der Waals surface area contributed by atoms with Crippen molar-refractivity contribution in [1.29, 1.82) is 0 Å². The van der Waals surface area contributed by atoms with E-state index in [0.717, 1.165) is 0 Å². The molecule has 3 aromatic rings. The summed E-state index contributed by atoms with van der Waals surface area (Å²) in [7, 11) is 0. The van der Waals surface area contributed by atoms with E-state index in [2.05, 4.69) is 20.4 Å². The number of nitrogens with zero attached hydrogens (tertiary/aromatic N) is 3. The molecule has 1 saturated heterocycles. The standard InChI is InChI=1S/C29H32ClF3N4O6/c1-4-28(26(40)41)23(34-17(2)27(3,25(38)39)24(28)20-10-5-6-11-21(20)30)16-42-13-12-37-15-22(35-36-37)18-8-7-9-19(14-18)43-29(31,32)33/h5-11,14-15,17,23-24,34H,4,12-13,16H2,1-3H3,(H,38,39)(H,40,41). The first-order chi connectivity index (χ1) is 20.2. The summed E-state index contributed by atoms with van der Waals surface area (Å²) in [4.78, 5) is 25.8. The van der Waals surface area contributed by atoms with E-state index in [1.165, 1.54) is 29.1 Å². The Balaban J connectivity index is 1.52. The molecule has 1 aromatic heterocycles. The van der Waals surface area contributed by atoms with Crippen molar-refractivity contribution in [2.75, 3.05) is 13.2 Å². The maximum atomic E-state index is 13.1. The summed E-state index contributed by atoms with van der Waals surface area (Å²) < 4.78 is 49.1. The van der Waals surface area contributed by atoms with Crippen molar-refractivity contribution in [1.82, 2.24) is 20.3 Å². The molecule has 1 aliphatic heterocycles. The second kappa shape index (κ2) is 12.5. The normalized spacial score (nSPS) is 25.8. The highest BCUT2D eigenvalue weighted by atomic mass is 35.5. The molecule has 0 radical (unpaired) electrons. The molecular formula is C29H32ClF3N4O6. The van der Waals surface area contributed by atoms with Crippen LogP contribution in [-0.4, -0.2) is 68.8 Å². The third-order valence-corrected chi connectivity index (χ3v) is 8.74. The third kappa shape index (κ3) is 6.34. The molecule has 3 N–H and O–H groups in total. The fraction of sp³-hybridized carbons (Fsp3) is 0.448. The molecular weight excluding hydrogens is 593 g/mol. The summed E-state index contributed by atoms with van der Waals surface area (Å²) in [6.07, 6.45) is -3.19. The second-order valence-corrected chi connectivity index (χ2v) is 11.1. The van der Waals surface area contributed by atoms with Crippen LogP contribution in [0.4, 0.5) is 13.2 Å². The Hall–Kier alpha value is -3.68. The van der Waals surface area contributed by atoms with Crippen molar-refractivity contribution in [3.63, 3.8) is 0 Å². The lowest BCUT2D eigenvalue weighted by Gasteiger charge is -2.56. The van der Waals surface area contributed by atoms with Gasteiger partial charge in [-0.2, -0.15) is 0 Å². The molecule has 0 aliphatic carbocycles. The summed E-state index contributed by atoms with van der Waals surface area (Å²) in [5.41, 5.74) is -1.97. The van der Waals surface area contributed by atoms with E-state index in [4.69, 9.17) is 16.3 Å². The van der Waals surface area contributed by atoms with Crippen molar-refractivity contribution in [3.8, 4) is 17.0 Å². The van der Waals surface area contributed by atoms with E-state index >= 15 is 0 Å². The van der Waals surface area contributed by atoms with Gasteiger partial charge in [0.1, 0.15) is 11.4 Å². The number of piperidine rings is 1. The average molecular weight is 625 g/mol. The number of rotatable bonds is 11. The monoisotopic (exact) mass is 624 g/mol. The molecule has 1 aliphatic rings. The lowest BCUT2D eigenvalue weighted by molar-refractivity contribution is -0.274. The number of aliphatic carboxylic acids is 2. The lowest BCUT2D eigenvalue weighted by Crippen LogP contribution is -2.70. The SMILES string of the molecule is CCC1(C(=O)O)C(COCCn2cc(-c3cccc(OC(F)(F)F)c3)nn2)NC(C)C(C)(C(=O)O)C1c1ccccc1Cl. The zero-order valence-corrected chi connectivity index (χ0v) is 24.4. The summed E-state index contributed by atoms with van der Waals surface area (Å²) in [5, 5.41) is 32.6. The molecule has 0 bridgehead atoms. The molecule has 2 aromatic carbocycles. The molecule has 1 fully saturated rings. The second-order valence-electron chi connectivity index (χ2n) is 10.7. The van der Waals surface area contributed by atoms with Crippen LogP contribution in [0.2, 0.25) is 5.02 Å². The van der Waals surface area contributed by atoms with E-state index < -0.39 is 47.1 Å². The van der Waals surface area contributed by atoms with E-state index in [-0.39, 0.29) is 37.0 Å². The van der Waals surface area contributed by atoms with Gasteiger partial charge in [-0.25, -0.2) is 4.68 Å². The number of hydrogen-bond donors (Lipinski definition) is 3. The Morgan fingerprint density at radius 2 is 1.86 bits per heavy atom. The highest BCUT2D eigenvalue weighted by Crippen LogP contribution is 2.58. The summed E-state index contributed by atoms with van der Waals surface area (Å²) in [5.74, 6) is -3.69. The number of carbonyl (C=O) groups is 2. The number of aromatic nitrogens is 3. The predicted octanol–water partition coefficient (Wildman–Crippen LogP) is 5.23. The minimum absolute atomic E-state index is 0.0560. The van der Waals surface area contributed by atoms with E-state index in [1.54, 1.807) is 51.1 Å². The van der Waals surface area contributed by atoms with Crippen LogP contribution in [0.25, 0.3) is 11.3 Å². The number of hydrogen-bond acceptors (Lipinski definition) is 7. The highest BCUT2D eigenvalue weighted by Gasteiger charge is 2.65. The lowest BCUT2D eigenvalue weighted by atomic mass is 9.51. The van der Waals surface area contributed by atoms with Gasteiger partial charge in [-0.15, -0.1) is 18.3 Å². The van der Waals surface area contributed by atoms with E-state index in [0.29, 0.717) is 16.8 Å². The number of carboxylic acids is 2. The van der Waals surface area contributed by atoms with Crippen molar-refractivity contribution in [3.05, 3.63) is 65.3 Å². The zero-order chi connectivity index (χ0) is 31.6. The molecule has 14 heteroatoms. The number of nitrogens with one attached hydrogen (secondary N) is 1. The van der Waals surface area contributed by atoms with Gasteiger partial charge in [-0.3, -0.25) is 9.59 Å². The van der Waals surface area contributed by atoms with Crippen LogP contribution >= 0.6 is 11.6 Å². The van der Waals surface area contributed by atoms with Gasteiger partial charge < -0.3 is 25.0 Å². The quantitative estimate of drug-likeness (QED) is 0.245. The maximum absolute atomic E-state index is 13.1. The van der Waals surface area contributed by atoms with Crippen LogP contribution in [0, 0.1) is 10.8 Å². The van der Waals surface area contributed by atoms with Gasteiger partial charge in [0.25, 0.3) is 0 Å². The van der Waals surface area contributed by atoms with Crippen LogP contribution in [0.15, 0.2) is 54.7 Å². The number of halogens is 4. The van der Waals surface area contributed by atoms with Gasteiger partial charge in [0.2, 0.25) is 0 Å². The van der Waals surface area contributed by atoms with Gasteiger partial charge in [-0.05, 0) is 44.0 Å². The van der Waals surface area contributed by atoms with Crippen molar-refractivity contribution >= 4 is 23.5 Å². The van der Waals surface area contributed by atoms with Crippen molar-refractivity contribution in [2.45, 2.75) is 58.1 Å². The Morgan fingerprint density at radius 3 is 2.49 bits per heavy atom. The zero-order valence-electron chi connectivity index (χ0n) is 23.6. The summed E-state index contributed by atoms with van der Waals surface area (Å²) in [6.45, 7) is 5.20. The number of alkyl halides is 3. The Kier molecular flexibility index (Phi) is 9.38. The Labute approximate surface area is 250 Å². The van der Waals surface area contributed by atoms with Crippen LogP contribution in [-0.2, 0) is 20.9 Å². The van der Waals surface area contributed by atoms with Gasteiger partial charge >= 0.3 is 18.3 Å². The highest BCUT2D eigenvalue weighted by molar-refractivity contribution is 6.31. The molecule has 0 amide bonds. The number of carboxylic acid groups (broad SMARTS) is 2. The smallest absolute Gasteiger partial charge is 0.481 e. The van der Waals surface area contributed by atoms with Crippen LogP contribution in [0.5, 0.6) is 5.75 Å². The molecule has 0 saturated carbocycles. The van der Waals surface area contributed by atoms with E-state index in [1.807, 2.05) is 0 Å². The molecule has 10 nitrogen and oxygen atoms in total. The third-order valence-electron chi connectivity index (χ3n) is 8.40. The van der Waals surface area contributed by atoms with Crippen molar-refractivity contribution in [2.24, 2.45) is 10.8 Å². The Bertz CT molecular complexity index is 1470. The first-order valence-electron chi connectivity index (χ1n) is 13.5. The van der Waals surface area contributed by atoms with Gasteiger partial charge in [0, 0.05) is 28.6 Å². The Morgan fingerprint density at radius 1 is 1.14 bits per heavy atom. The van der Waals surface area contributed by atoms with Gasteiger partial charge in [0.15, 0.2) is 0 Å². The van der Waals surface area contributed by atoms with E-state index in [9.17, 15) is 33.0 Å². The first-order valence-corrected chi connectivity index (χ1v) is 13.9. The summed E-state index contributed by atoms with van der Waals surface area (Å²) >= 11 is 6.54. The van der Waals surface area contributed by atoms with Gasteiger partial charge in [0.05, 0.1) is 36.8 Å². The summed E-state index contributed by atoms with van der Waals surface area (Å²) in [6, 6.07) is 10.6. The fourth-order valence-electron chi connectivity index (χ4n) is 6.05. The largest absolute Gasteiger partial charge is 0.573 e. The van der Waals surface area contributed by atoms with Crippen LogP contribution in [0.1, 0.15) is 38.7 Å². The minimum atomic E-state index is -4.83. The minimum Gasteiger partial charge on any atom is -0.481 e. The fourth-order valence-corrected chi connectivity index (χ4v) is 6.30. The molecule has 43 heavy (non-hydrogen) atoms. The molecule has 5 unspecified atom stereocenters. The molecule has 2 heterocycles. The number of ether oxygens (including phenoxy) is 2.